The van der Waals surface area contributed by atoms with Gasteiger partial charge in [-0.25, -0.2) is 4.68 Å². The van der Waals surface area contributed by atoms with Crippen LogP contribution in [0, 0.1) is 13.8 Å². The van der Waals surface area contributed by atoms with E-state index in [2.05, 4.69) is 69.5 Å². The summed E-state index contributed by atoms with van der Waals surface area (Å²) in [6.45, 7) is 8.27. The number of aryl methyl sites for hydroxylation is 1. The summed E-state index contributed by atoms with van der Waals surface area (Å²) in [5.41, 5.74) is 2.09. The molecule has 92 valence electrons. The molecule has 2 heterocycles. The van der Waals surface area contributed by atoms with Crippen LogP contribution < -0.4 is 0 Å². The highest BCUT2D eigenvalue weighted by molar-refractivity contribution is 14.1. The SMILES string of the molecule is Cc1ccn(-c2nn(C(C)(C)I)c(C)c2Br)n1. The van der Waals surface area contributed by atoms with Crippen molar-refractivity contribution in [3.8, 4) is 5.82 Å². The zero-order valence-corrected chi connectivity index (χ0v) is 13.9. The Balaban J connectivity index is 2.58. The lowest BCUT2D eigenvalue weighted by Gasteiger charge is -2.18. The van der Waals surface area contributed by atoms with Crippen LogP contribution in [0.3, 0.4) is 0 Å². The van der Waals surface area contributed by atoms with E-state index in [1.165, 1.54) is 0 Å². The number of halogens is 2. The molecule has 0 aliphatic rings. The van der Waals surface area contributed by atoms with Crippen molar-refractivity contribution in [1.29, 1.82) is 0 Å². The van der Waals surface area contributed by atoms with E-state index >= 15 is 0 Å². The summed E-state index contributed by atoms with van der Waals surface area (Å²) < 4.78 is 4.73. The Bertz CT molecular complexity index is 550. The Labute approximate surface area is 123 Å². The smallest absolute Gasteiger partial charge is 0.189 e. The van der Waals surface area contributed by atoms with E-state index in [1.807, 2.05) is 23.9 Å². The second-order valence-corrected chi connectivity index (χ2v) is 7.88. The predicted molar refractivity (Wildman–Crippen MR) is 79.9 cm³/mol. The van der Waals surface area contributed by atoms with Gasteiger partial charge in [-0.15, -0.1) is 0 Å². The van der Waals surface area contributed by atoms with Crippen LogP contribution >= 0.6 is 38.5 Å². The highest BCUT2D eigenvalue weighted by Crippen LogP contribution is 2.31. The average Bonchev–Trinajstić information content (AvgIpc) is 2.73. The fraction of sp³-hybridized carbons (Fsp3) is 0.455. The van der Waals surface area contributed by atoms with Gasteiger partial charge in [0.15, 0.2) is 5.82 Å². The second-order valence-electron chi connectivity index (χ2n) is 4.45. The first kappa shape index (κ1) is 13.1. The predicted octanol–water partition coefficient (Wildman–Crippen LogP) is 3.58. The highest BCUT2D eigenvalue weighted by atomic mass is 127. The van der Waals surface area contributed by atoms with Gasteiger partial charge in [0, 0.05) is 6.20 Å². The van der Waals surface area contributed by atoms with Gasteiger partial charge >= 0.3 is 0 Å². The summed E-state index contributed by atoms with van der Waals surface area (Å²) in [4.78, 5) is 0. The Hall–Kier alpha value is -0.370. The number of rotatable bonds is 2. The molecule has 0 radical (unpaired) electrons. The lowest BCUT2D eigenvalue weighted by Crippen LogP contribution is -2.21. The molecular weight excluding hydrogens is 395 g/mol. The van der Waals surface area contributed by atoms with Crippen molar-refractivity contribution in [2.24, 2.45) is 0 Å². The highest BCUT2D eigenvalue weighted by Gasteiger charge is 2.23. The normalized spacial score (nSPS) is 12.1. The Morgan fingerprint density at radius 3 is 2.35 bits per heavy atom. The molecule has 2 aromatic rings. The molecule has 2 aromatic heterocycles. The Morgan fingerprint density at radius 1 is 1.29 bits per heavy atom. The van der Waals surface area contributed by atoms with Crippen LogP contribution in [0.2, 0.25) is 0 Å². The summed E-state index contributed by atoms with van der Waals surface area (Å²) in [5, 5.41) is 9.01. The van der Waals surface area contributed by atoms with E-state index in [-0.39, 0.29) is 3.55 Å². The molecule has 4 nitrogen and oxygen atoms in total. The standard InChI is InChI=1S/C11H14BrIN4/c1-7-5-6-16(14-7)10-9(12)8(2)17(15-10)11(3,4)13/h5-6H,1-4H3. The third kappa shape index (κ3) is 2.42. The zero-order valence-electron chi connectivity index (χ0n) is 10.2. The molecule has 2 rings (SSSR count). The quantitative estimate of drug-likeness (QED) is 0.562. The van der Waals surface area contributed by atoms with Crippen molar-refractivity contribution in [2.45, 2.75) is 31.2 Å². The monoisotopic (exact) mass is 408 g/mol. The Kier molecular flexibility index (Phi) is 3.37. The lowest BCUT2D eigenvalue weighted by molar-refractivity contribution is 0.490. The molecule has 17 heavy (non-hydrogen) atoms. The van der Waals surface area contributed by atoms with Crippen molar-refractivity contribution in [3.63, 3.8) is 0 Å². The molecule has 0 aliphatic carbocycles. The minimum absolute atomic E-state index is 0.0647. The maximum Gasteiger partial charge on any atom is 0.189 e. The number of hydrogen-bond donors (Lipinski definition) is 0. The summed E-state index contributed by atoms with van der Waals surface area (Å²) in [6, 6.07) is 1.97. The number of alkyl halides is 1. The van der Waals surface area contributed by atoms with Crippen LogP contribution in [0.1, 0.15) is 25.2 Å². The van der Waals surface area contributed by atoms with Crippen molar-refractivity contribution >= 4 is 38.5 Å². The molecule has 0 saturated heterocycles. The van der Waals surface area contributed by atoms with Crippen LogP contribution in [-0.2, 0) is 3.55 Å². The minimum atomic E-state index is -0.0647. The largest absolute Gasteiger partial charge is 0.251 e. The fourth-order valence-electron chi connectivity index (χ4n) is 1.67. The average molecular weight is 409 g/mol. The molecule has 0 spiro atoms. The molecule has 0 unspecified atom stereocenters. The van der Waals surface area contributed by atoms with E-state index in [4.69, 9.17) is 0 Å². The molecule has 0 bridgehead atoms. The van der Waals surface area contributed by atoms with Crippen molar-refractivity contribution in [2.75, 3.05) is 0 Å². The van der Waals surface area contributed by atoms with Gasteiger partial charge in [-0.1, -0.05) is 22.6 Å². The fourth-order valence-corrected chi connectivity index (χ4v) is 2.56. The molecule has 0 amide bonds. The second kappa shape index (κ2) is 4.38. The van der Waals surface area contributed by atoms with E-state index in [0.717, 1.165) is 21.7 Å². The van der Waals surface area contributed by atoms with Crippen LogP contribution in [0.5, 0.6) is 0 Å². The topological polar surface area (TPSA) is 35.6 Å². The van der Waals surface area contributed by atoms with E-state index in [1.54, 1.807) is 4.68 Å². The van der Waals surface area contributed by atoms with Crippen molar-refractivity contribution in [3.05, 3.63) is 28.1 Å². The van der Waals surface area contributed by atoms with Crippen molar-refractivity contribution in [1.82, 2.24) is 19.6 Å². The third-order valence-corrected chi connectivity index (χ3v) is 3.85. The van der Waals surface area contributed by atoms with Gasteiger partial charge in [0.1, 0.15) is 3.55 Å². The van der Waals surface area contributed by atoms with Crippen LogP contribution in [-0.4, -0.2) is 19.6 Å². The first-order chi connectivity index (χ1) is 7.80. The number of nitrogens with zero attached hydrogens (tertiary/aromatic N) is 4. The third-order valence-electron chi connectivity index (χ3n) is 2.47. The molecule has 0 saturated carbocycles. The van der Waals surface area contributed by atoms with Crippen LogP contribution in [0.15, 0.2) is 16.7 Å². The maximum absolute atomic E-state index is 4.63. The van der Waals surface area contributed by atoms with Gasteiger partial charge in [-0.05, 0) is 49.7 Å². The molecule has 0 atom stereocenters. The number of aromatic nitrogens is 4. The van der Waals surface area contributed by atoms with Gasteiger partial charge in [-0.2, -0.15) is 10.2 Å². The molecule has 0 aliphatic heterocycles. The van der Waals surface area contributed by atoms with E-state index < -0.39 is 0 Å². The number of hydrogen-bond acceptors (Lipinski definition) is 2. The van der Waals surface area contributed by atoms with E-state index in [9.17, 15) is 0 Å². The summed E-state index contributed by atoms with van der Waals surface area (Å²) >= 11 is 5.96. The minimum Gasteiger partial charge on any atom is -0.251 e. The van der Waals surface area contributed by atoms with Gasteiger partial charge in [0.25, 0.3) is 0 Å². The lowest BCUT2D eigenvalue weighted by atomic mass is 10.4. The summed E-state index contributed by atoms with van der Waals surface area (Å²) in [5.74, 6) is 0.834. The molecule has 0 N–H and O–H groups in total. The van der Waals surface area contributed by atoms with Crippen LogP contribution in [0.4, 0.5) is 0 Å². The molecule has 0 aromatic carbocycles. The Morgan fingerprint density at radius 2 is 1.94 bits per heavy atom. The van der Waals surface area contributed by atoms with Gasteiger partial charge in [0.05, 0.1) is 15.9 Å². The molecular formula is C11H14BrIN4. The van der Waals surface area contributed by atoms with Gasteiger partial charge in [0.2, 0.25) is 0 Å². The first-order valence-electron chi connectivity index (χ1n) is 5.28. The summed E-state index contributed by atoms with van der Waals surface area (Å²) in [7, 11) is 0. The molecule has 6 heteroatoms. The zero-order chi connectivity index (χ0) is 12.8. The maximum atomic E-state index is 4.63. The van der Waals surface area contributed by atoms with Crippen LogP contribution in [0.25, 0.3) is 5.82 Å². The van der Waals surface area contributed by atoms with Gasteiger partial charge < -0.3 is 0 Å². The van der Waals surface area contributed by atoms with Gasteiger partial charge in [-0.3, -0.25) is 4.68 Å². The first-order valence-corrected chi connectivity index (χ1v) is 7.15. The molecule has 0 fully saturated rings. The van der Waals surface area contributed by atoms with E-state index in [0.29, 0.717) is 0 Å². The summed E-state index contributed by atoms with van der Waals surface area (Å²) in [6.07, 6.45) is 1.92. The van der Waals surface area contributed by atoms with Crippen molar-refractivity contribution < 1.29 is 0 Å².